The predicted octanol–water partition coefficient (Wildman–Crippen LogP) is 2.41. The first kappa shape index (κ1) is 14.7. The number of rotatable bonds is 5. The smallest absolute Gasteiger partial charge is 0.0644 e. The summed E-state index contributed by atoms with van der Waals surface area (Å²) in [4.78, 5) is 0. The monoisotopic (exact) mass is 303 g/mol. The van der Waals surface area contributed by atoms with Crippen LogP contribution >= 0.6 is 0 Å². The van der Waals surface area contributed by atoms with Crippen molar-refractivity contribution in [3.63, 3.8) is 0 Å². The van der Waals surface area contributed by atoms with Crippen LogP contribution < -0.4 is 5.32 Å². The molecule has 4 nitrogen and oxygen atoms in total. The standard InChI is InChI=1S/C18H29N3O/c1-11-17(12(2)21(20-11)3-4-22)10-19-18-15-6-13-5-14(8-15)9-16(18)7-13/h13-16,18-19,22H,3-10H2,1-2H3. The molecule has 122 valence electrons. The van der Waals surface area contributed by atoms with Gasteiger partial charge in [0.25, 0.3) is 0 Å². The Labute approximate surface area is 133 Å². The third-order valence-corrected chi connectivity index (χ3v) is 6.58. The molecule has 1 heterocycles. The third kappa shape index (κ3) is 2.41. The maximum atomic E-state index is 9.14. The first-order chi connectivity index (χ1) is 10.7. The van der Waals surface area contributed by atoms with Crippen LogP contribution in [0.25, 0.3) is 0 Å². The molecule has 0 atom stereocenters. The van der Waals surface area contributed by atoms with Crippen LogP contribution in [0.1, 0.15) is 49.1 Å². The van der Waals surface area contributed by atoms with Gasteiger partial charge in [0.05, 0.1) is 18.8 Å². The van der Waals surface area contributed by atoms with Gasteiger partial charge in [-0.3, -0.25) is 4.68 Å². The van der Waals surface area contributed by atoms with E-state index in [1.54, 1.807) is 0 Å². The normalized spacial score (nSPS) is 36.2. The van der Waals surface area contributed by atoms with Crippen molar-refractivity contribution in [3.8, 4) is 0 Å². The van der Waals surface area contributed by atoms with Crippen molar-refractivity contribution >= 4 is 0 Å². The Morgan fingerprint density at radius 1 is 1.09 bits per heavy atom. The van der Waals surface area contributed by atoms with E-state index in [-0.39, 0.29) is 6.61 Å². The van der Waals surface area contributed by atoms with Crippen molar-refractivity contribution in [1.29, 1.82) is 0 Å². The van der Waals surface area contributed by atoms with Gasteiger partial charge in [-0.25, -0.2) is 0 Å². The Balaban J connectivity index is 1.45. The minimum absolute atomic E-state index is 0.157. The van der Waals surface area contributed by atoms with E-state index in [4.69, 9.17) is 5.11 Å². The topological polar surface area (TPSA) is 50.1 Å². The maximum absolute atomic E-state index is 9.14. The van der Waals surface area contributed by atoms with Crippen LogP contribution in [0.15, 0.2) is 0 Å². The van der Waals surface area contributed by atoms with E-state index in [1.165, 1.54) is 43.4 Å². The highest BCUT2D eigenvalue weighted by Gasteiger charge is 2.47. The quantitative estimate of drug-likeness (QED) is 0.878. The zero-order valence-corrected chi connectivity index (χ0v) is 13.9. The molecule has 0 aromatic carbocycles. The Morgan fingerprint density at radius 3 is 2.32 bits per heavy atom. The van der Waals surface area contributed by atoms with Gasteiger partial charge in [-0.2, -0.15) is 5.10 Å². The second kappa shape index (κ2) is 5.64. The summed E-state index contributed by atoms with van der Waals surface area (Å²) in [5.74, 6) is 3.92. The van der Waals surface area contributed by atoms with Gasteiger partial charge in [0.2, 0.25) is 0 Å². The lowest BCUT2D eigenvalue weighted by Gasteiger charge is -2.54. The Kier molecular flexibility index (Phi) is 3.77. The number of aryl methyl sites for hydroxylation is 1. The molecule has 0 aliphatic heterocycles. The average Bonchev–Trinajstić information content (AvgIpc) is 2.73. The molecular formula is C18H29N3O. The van der Waals surface area contributed by atoms with Gasteiger partial charge in [-0.05, 0) is 69.6 Å². The Bertz CT molecular complexity index is 523. The summed E-state index contributed by atoms with van der Waals surface area (Å²) in [6, 6.07) is 0.729. The molecule has 4 saturated carbocycles. The zero-order valence-electron chi connectivity index (χ0n) is 13.9. The molecule has 1 aromatic heterocycles. The molecule has 0 unspecified atom stereocenters. The number of hydrogen-bond donors (Lipinski definition) is 2. The van der Waals surface area contributed by atoms with Gasteiger partial charge in [0.15, 0.2) is 0 Å². The van der Waals surface area contributed by atoms with Crippen LogP contribution in [-0.2, 0) is 13.1 Å². The molecule has 4 aliphatic rings. The van der Waals surface area contributed by atoms with E-state index < -0.39 is 0 Å². The number of hydrogen-bond acceptors (Lipinski definition) is 3. The van der Waals surface area contributed by atoms with Crippen molar-refractivity contribution in [2.24, 2.45) is 23.7 Å². The third-order valence-electron chi connectivity index (χ3n) is 6.58. The SMILES string of the molecule is Cc1nn(CCO)c(C)c1CNC1C2CC3CC(C2)CC1C3. The molecule has 22 heavy (non-hydrogen) atoms. The van der Waals surface area contributed by atoms with Crippen molar-refractivity contribution in [2.45, 2.75) is 65.1 Å². The van der Waals surface area contributed by atoms with E-state index >= 15 is 0 Å². The van der Waals surface area contributed by atoms with Crippen LogP contribution in [0.3, 0.4) is 0 Å². The lowest BCUT2D eigenvalue weighted by molar-refractivity contribution is -0.0143. The van der Waals surface area contributed by atoms with Gasteiger partial charge in [-0.15, -0.1) is 0 Å². The minimum atomic E-state index is 0.157. The van der Waals surface area contributed by atoms with E-state index in [1.807, 2.05) is 4.68 Å². The van der Waals surface area contributed by atoms with Gasteiger partial charge < -0.3 is 10.4 Å². The maximum Gasteiger partial charge on any atom is 0.0644 e. The molecule has 0 spiro atoms. The molecule has 0 amide bonds. The molecule has 4 aliphatic carbocycles. The summed E-state index contributed by atoms with van der Waals surface area (Å²) in [7, 11) is 0. The summed E-state index contributed by atoms with van der Waals surface area (Å²) in [5.41, 5.74) is 3.66. The zero-order chi connectivity index (χ0) is 15.3. The lowest BCUT2D eigenvalue weighted by atomic mass is 9.54. The van der Waals surface area contributed by atoms with Gasteiger partial charge in [0, 0.05) is 23.8 Å². The Morgan fingerprint density at radius 2 is 1.73 bits per heavy atom. The fourth-order valence-corrected chi connectivity index (χ4v) is 5.78. The molecule has 2 N–H and O–H groups in total. The number of aliphatic hydroxyl groups is 1. The van der Waals surface area contributed by atoms with Gasteiger partial charge in [-0.1, -0.05) is 0 Å². The van der Waals surface area contributed by atoms with Crippen LogP contribution in [0.4, 0.5) is 0 Å². The van der Waals surface area contributed by atoms with E-state index in [0.717, 1.165) is 42.0 Å². The fourth-order valence-electron chi connectivity index (χ4n) is 5.78. The van der Waals surface area contributed by atoms with Crippen molar-refractivity contribution in [3.05, 3.63) is 17.0 Å². The first-order valence-electron chi connectivity index (χ1n) is 9.02. The molecular weight excluding hydrogens is 274 g/mol. The van der Waals surface area contributed by atoms with E-state index in [0.29, 0.717) is 6.54 Å². The van der Waals surface area contributed by atoms with E-state index in [2.05, 4.69) is 24.3 Å². The average molecular weight is 303 g/mol. The summed E-state index contributed by atoms with van der Waals surface area (Å²) in [6.07, 6.45) is 7.38. The number of nitrogens with one attached hydrogen (secondary N) is 1. The lowest BCUT2D eigenvalue weighted by Crippen LogP contribution is -2.54. The molecule has 0 radical (unpaired) electrons. The predicted molar refractivity (Wildman–Crippen MR) is 86.5 cm³/mol. The second-order valence-electron chi connectivity index (χ2n) is 7.93. The van der Waals surface area contributed by atoms with Crippen LogP contribution in [0.2, 0.25) is 0 Å². The fraction of sp³-hybridized carbons (Fsp3) is 0.833. The molecule has 1 aromatic rings. The Hall–Kier alpha value is -0.870. The highest BCUT2D eigenvalue weighted by molar-refractivity contribution is 5.24. The second-order valence-corrected chi connectivity index (χ2v) is 7.93. The largest absolute Gasteiger partial charge is 0.394 e. The number of aliphatic hydroxyl groups excluding tert-OH is 1. The molecule has 0 saturated heterocycles. The molecule has 4 bridgehead atoms. The summed E-state index contributed by atoms with van der Waals surface area (Å²) < 4.78 is 1.95. The highest BCUT2D eigenvalue weighted by atomic mass is 16.3. The molecule has 4 fully saturated rings. The summed E-state index contributed by atoms with van der Waals surface area (Å²) in [6.45, 7) is 5.92. The van der Waals surface area contributed by atoms with Crippen LogP contribution in [-0.4, -0.2) is 27.5 Å². The van der Waals surface area contributed by atoms with Crippen molar-refractivity contribution in [1.82, 2.24) is 15.1 Å². The highest BCUT2D eigenvalue weighted by Crippen LogP contribution is 2.53. The van der Waals surface area contributed by atoms with Crippen LogP contribution in [0, 0.1) is 37.5 Å². The summed E-state index contributed by atoms with van der Waals surface area (Å²) >= 11 is 0. The molecule has 4 heteroatoms. The molecule has 5 rings (SSSR count). The first-order valence-corrected chi connectivity index (χ1v) is 9.02. The van der Waals surface area contributed by atoms with Crippen molar-refractivity contribution in [2.75, 3.05) is 6.61 Å². The van der Waals surface area contributed by atoms with Crippen LogP contribution in [0.5, 0.6) is 0 Å². The van der Waals surface area contributed by atoms with E-state index in [9.17, 15) is 0 Å². The minimum Gasteiger partial charge on any atom is -0.394 e. The summed E-state index contributed by atoms with van der Waals surface area (Å²) in [5, 5.41) is 17.6. The van der Waals surface area contributed by atoms with Gasteiger partial charge >= 0.3 is 0 Å². The number of nitrogens with zero attached hydrogens (tertiary/aromatic N) is 2. The van der Waals surface area contributed by atoms with Crippen molar-refractivity contribution < 1.29 is 5.11 Å². The van der Waals surface area contributed by atoms with Gasteiger partial charge in [0.1, 0.15) is 0 Å². The number of aromatic nitrogens is 2.